The number of aromatic nitrogens is 1. The summed E-state index contributed by atoms with van der Waals surface area (Å²) in [5, 5.41) is 2.73. The number of pyridine rings is 1. The number of hydrogen-bond acceptors (Lipinski definition) is 5. The predicted molar refractivity (Wildman–Crippen MR) is 103 cm³/mol. The molecular weight excluding hydrogens is 347 g/mol. The molecule has 1 aromatic heterocycles. The Bertz CT molecular complexity index is 774. The number of carbonyl (C=O) groups is 1. The van der Waals surface area contributed by atoms with Crippen LogP contribution in [-0.4, -0.2) is 55.6 Å². The average Bonchev–Trinajstić information content (AvgIpc) is 2.72. The molecule has 1 aliphatic rings. The Labute approximate surface area is 158 Å². The highest BCUT2D eigenvalue weighted by Crippen LogP contribution is 2.17. The SMILES string of the molecule is CCN1CCN(c2ccc(CNC(=O)c3ccc(OC)cc3F)cn2)CC1. The number of methoxy groups -OCH3 is 1. The Balaban J connectivity index is 1.55. The van der Waals surface area contributed by atoms with Crippen molar-refractivity contribution in [3.63, 3.8) is 0 Å². The third-order valence-electron chi connectivity index (χ3n) is 4.83. The van der Waals surface area contributed by atoms with Gasteiger partial charge in [-0.05, 0) is 30.3 Å². The van der Waals surface area contributed by atoms with E-state index in [1.807, 2.05) is 12.1 Å². The second-order valence-electron chi connectivity index (χ2n) is 6.47. The number of rotatable bonds is 6. The molecule has 0 spiro atoms. The summed E-state index contributed by atoms with van der Waals surface area (Å²) in [6.45, 7) is 7.57. The van der Waals surface area contributed by atoms with Crippen molar-refractivity contribution < 1.29 is 13.9 Å². The number of likely N-dealkylation sites (N-methyl/N-ethyl adjacent to an activating group) is 1. The molecule has 1 fully saturated rings. The number of nitrogens with one attached hydrogen (secondary N) is 1. The summed E-state index contributed by atoms with van der Waals surface area (Å²) in [4.78, 5) is 21.4. The molecule has 144 valence electrons. The van der Waals surface area contributed by atoms with Gasteiger partial charge in [0.25, 0.3) is 5.91 Å². The number of ether oxygens (including phenoxy) is 1. The van der Waals surface area contributed by atoms with Gasteiger partial charge in [-0.3, -0.25) is 4.79 Å². The summed E-state index contributed by atoms with van der Waals surface area (Å²) in [6, 6.07) is 8.09. The molecule has 1 aromatic carbocycles. The Kier molecular flexibility index (Phi) is 6.24. The second kappa shape index (κ2) is 8.81. The van der Waals surface area contributed by atoms with E-state index in [-0.39, 0.29) is 5.56 Å². The first-order chi connectivity index (χ1) is 13.1. The van der Waals surface area contributed by atoms with Gasteiger partial charge in [0.15, 0.2) is 0 Å². The van der Waals surface area contributed by atoms with Crippen LogP contribution in [0.3, 0.4) is 0 Å². The highest BCUT2D eigenvalue weighted by atomic mass is 19.1. The maximum atomic E-state index is 14.0. The summed E-state index contributed by atoms with van der Waals surface area (Å²) in [6.07, 6.45) is 1.76. The van der Waals surface area contributed by atoms with Crippen molar-refractivity contribution >= 4 is 11.7 Å². The van der Waals surface area contributed by atoms with Crippen LogP contribution in [-0.2, 0) is 6.54 Å². The van der Waals surface area contributed by atoms with Crippen LogP contribution in [0.1, 0.15) is 22.8 Å². The molecule has 0 unspecified atom stereocenters. The molecule has 2 heterocycles. The van der Waals surface area contributed by atoms with Gasteiger partial charge in [0.1, 0.15) is 17.4 Å². The molecule has 7 heteroatoms. The van der Waals surface area contributed by atoms with Crippen LogP contribution in [0.25, 0.3) is 0 Å². The normalized spacial score (nSPS) is 14.9. The smallest absolute Gasteiger partial charge is 0.254 e. The first kappa shape index (κ1) is 19.1. The number of anilines is 1. The number of benzene rings is 1. The number of hydrogen-bond donors (Lipinski definition) is 1. The van der Waals surface area contributed by atoms with Crippen LogP contribution in [0.15, 0.2) is 36.5 Å². The first-order valence-electron chi connectivity index (χ1n) is 9.14. The van der Waals surface area contributed by atoms with Crippen LogP contribution in [0.4, 0.5) is 10.2 Å². The Morgan fingerprint density at radius 3 is 2.59 bits per heavy atom. The fourth-order valence-corrected chi connectivity index (χ4v) is 3.09. The Morgan fingerprint density at radius 1 is 1.22 bits per heavy atom. The summed E-state index contributed by atoms with van der Waals surface area (Å²) in [7, 11) is 1.45. The maximum Gasteiger partial charge on any atom is 0.254 e. The fraction of sp³-hybridized carbons (Fsp3) is 0.400. The zero-order valence-electron chi connectivity index (χ0n) is 15.7. The first-order valence-corrected chi connectivity index (χ1v) is 9.14. The van der Waals surface area contributed by atoms with Crippen molar-refractivity contribution in [2.45, 2.75) is 13.5 Å². The van der Waals surface area contributed by atoms with Gasteiger partial charge in [-0.25, -0.2) is 9.37 Å². The summed E-state index contributed by atoms with van der Waals surface area (Å²) in [5.41, 5.74) is 0.863. The highest BCUT2D eigenvalue weighted by Gasteiger charge is 2.17. The molecule has 1 aliphatic heterocycles. The highest BCUT2D eigenvalue weighted by molar-refractivity contribution is 5.94. The van der Waals surface area contributed by atoms with Crippen molar-refractivity contribution in [1.82, 2.24) is 15.2 Å². The Morgan fingerprint density at radius 2 is 2.00 bits per heavy atom. The van der Waals surface area contributed by atoms with Gasteiger partial charge < -0.3 is 19.9 Å². The number of carbonyl (C=O) groups excluding carboxylic acids is 1. The third-order valence-corrected chi connectivity index (χ3v) is 4.83. The lowest BCUT2D eigenvalue weighted by atomic mass is 10.2. The standard InChI is InChI=1S/C20H25FN4O2/c1-3-24-8-10-25(11-9-24)19-7-4-15(13-22-19)14-23-20(26)17-6-5-16(27-2)12-18(17)21/h4-7,12-13H,3,8-11,14H2,1-2H3,(H,23,26). The van der Waals surface area contributed by atoms with Gasteiger partial charge in [-0.15, -0.1) is 0 Å². The van der Waals surface area contributed by atoms with E-state index >= 15 is 0 Å². The molecule has 3 rings (SSSR count). The zero-order chi connectivity index (χ0) is 19.2. The number of nitrogens with zero attached hydrogens (tertiary/aromatic N) is 3. The van der Waals surface area contributed by atoms with E-state index in [0.717, 1.165) is 44.1 Å². The van der Waals surface area contributed by atoms with Gasteiger partial charge in [0.05, 0.1) is 12.7 Å². The molecule has 1 saturated heterocycles. The topological polar surface area (TPSA) is 57.7 Å². The monoisotopic (exact) mass is 372 g/mol. The van der Waals surface area contributed by atoms with Crippen molar-refractivity contribution in [2.75, 3.05) is 44.7 Å². The van der Waals surface area contributed by atoms with Crippen LogP contribution in [0.2, 0.25) is 0 Å². The molecular formula is C20H25FN4O2. The largest absolute Gasteiger partial charge is 0.497 e. The van der Waals surface area contributed by atoms with Crippen molar-refractivity contribution in [3.8, 4) is 5.75 Å². The van der Waals surface area contributed by atoms with Crippen LogP contribution in [0.5, 0.6) is 5.75 Å². The molecule has 0 radical (unpaired) electrons. The van der Waals surface area contributed by atoms with Crippen molar-refractivity contribution in [1.29, 1.82) is 0 Å². The number of piperazine rings is 1. The molecule has 0 atom stereocenters. The van der Waals surface area contributed by atoms with Crippen LogP contribution in [0, 0.1) is 5.82 Å². The van der Waals surface area contributed by atoms with E-state index in [9.17, 15) is 9.18 Å². The van der Waals surface area contributed by atoms with Crippen molar-refractivity contribution in [3.05, 3.63) is 53.5 Å². The van der Waals surface area contributed by atoms with E-state index in [2.05, 4.69) is 27.0 Å². The van der Waals surface area contributed by atoms with E-state index in [4.69, 9.17) is 4.74 Å². The van der Waals surface area contributed by atoms with Gasteiger partial charge in [-0.2, -0.15) is 0 Å². The molecule has 1 N–H and O–H groups in total. The Hall–Kier alpha value is -2.67. The van der Waals surface area contributed by atoms with E-state index in [0.29, 0.717) is 12.3 Å². The molecule has 0 bridgehead atoms. The summed E-state index contributed by atoms with van der Waals surface area (Å²) < 4.78 is 18.9. The van der Waals surface area contributed by atoms with Gasteiger partial charge in [0.2, 0.25) is 0 Å². The van der Waals surface area contributed by atoms with Gasteiger partial charge >= 0.3 is 0 Å². The van der Waals surface area contributed by atoms with Crippen LogP contribution >= 0.6 is 0 Å². The molecule has 2 aromatic rings. The maximum absolute atomic E-state index is 14.0. The second-order valence-corrected chi connectivity index (χ2v) is 6.47. The van der Waals surface area contributed by atoms with E-state index < -0.39 is 11.7 Å². The molecule has 6 nitrogen and oxygen atoms in total. The van der Waals surface area contributed by atoms with Gasteiger partial charge in [0, 0.05) is 45.0 Å². The molecule has 0 saturated carbocycles. The quantitative estimate of drug-likeness (QED) is 0.843. The predicted octanol–water partition coefficient (Wildman–Crippen LogP) is 2.30. The molecule has 1 amide bonds. The lowest BCUT2D eigenvalue weighted by Gasteiger charge is -2.34. The van der Waals surface area contributed by atoms with Crippen molar-refractivity contribution in [2.24, 2.45) is 0 Å². The van der Waals surface area contributed by atoms with Crippen LogP contribution < -0.4 is 15.0 Å². The minimum absolute atomic E-state index is 0.00539. The van der Waals surface area contributed by atoms with Gasteiger partial charge in [-0.1, -0.05) is 13.0 Å². The molecule has 0 aliphatic carbocycles. The zero-order valence-corrected chi connectivity index (χ0v) is 15.7. The van der Waals surface area contributed by atoms with E-state index in [1.54, 1.807) is 12.3 Å². The average molecular weight is 372 g/mol. The number of halogens is 1. The van der Waals surface area contributed by atoms with E-state index in [1.165, 1.54) is 19.2 Å². The fourth-order valence-electron chi connectivity index (χ4n) is 3.09. The lowest BCUT2D eigenvalue weighted by Crippen LogP contribution is -2.46. The lowest BCUT2D eigenvalue weighted by molar-refractivity contribution is 0.0947. The number of amides is 1. The summed E-state index contributed by atoms with van der Waals surface area (Å²) >= 11 is 0. The third kappa shape index (κ3) is 4.74. The molecule has 27 heavy (non-hydrogen) atoms. The minimum Gasteiger partial charge on any atom is -0.497 e. The minimum atomic E-state index is -0.605. The summed E-state index contributed by atoms with van der Waals surface area (Å²) in [5.74, 6) is 0.257.